The normalized spacial score (nSPS) is 14.1. The topological polar surface area (TPSA) is 49.4 Å². The maximum atomic E-state index is 13.1. The maximum Gasteiger partial charge on any atom is 0.256 e. The van der Waals surface area contributed by atoms with Gasteiger partial charge < -0.3 is 10.2 Å². The van der Waals surface area contributed by atoms with Gasteiger partial charge in [0.1, 0.15) is 0 Å². The van der Waals surface area contributed by atoms with Gasteiger partial charge in [-0.1, -0.05) is 60.7 Å². The highest BCUT2D eigenvalue weighted by Gasteiger charge is 2.21. The zero-order chi connectivity index (χ0) is 20.1. The lowest BCUT2D eigenvalue weighted by Crippen LogP contribution is -2.23. The van der Waals surface area contributed by atoms with Crippen LogP contribution in [0.4, 0.5) is 11.4 Å². The number of hydrogen-bond donors (Lipinski definition) is 1. The molecule has 0 unspecified atom stereocenters. The smallest absolute Gasteiger partial charge is 0.256 e. The Labute approximate surface area is 170 Å². The van der Waals surface area contributed by atoms with Crippen LogP contribution in [0.2, 0.25) is 0 Å². The zero-order valence-electron chi connectivity index (χ0n) is 16.0. The molecule has 4 heteroatoms. The highest BCUT2D eigenvalue weighted by Crippen LogP contribution is 2.25. The van der Waals surface area contributed by atoms with Crippen molar-refractivity contribution in [3.63, 3.8) is 0 Å². The number of rotatable bonds is 5. The van der Waals surface area contributed by atoms with E-state index in [4.69, 9.17) is 0 Å². The number of benzene rings is 3. The summed E-state index contributed by atoms with van der Waals surface area (Å²) in [5, 5.41) is 2.98. The van der Waals surface area contributed by atoms with Crippen LogP contribution < -0.4 is 10.2 Å². The Morgan fingerprint density at radius 1 is 0.862 bits per heavy atom. The number of nitrogens with zero attached hydrogens (tertiary/aromatic N) is 1. The van der Waals surface area contributed by atoms with Crippen LogP contribution in [0.5, 0.6) is 0 Å². The van der Waals surface area contributed by atoms with Crippen molar-refractivity contribution >= 4 is 34.8 Å². The average Bonchev–Trinajstić information content (AvgIpc) is 3.20. The highest BCUT2D eigenvalue weighted by molar-refractivity contribution is 6.29. The summed E-state index contributed by atoms with van der Waals surface area (Å²) >= 11 is 0. The van der Waals surface area contributed by atoms with Gasteiger partial charge in [0.25, 0.3) is 5.91 Å². The number of anilines is 2. The van der Waals surface area contributed by atoms with Crippen LogP contribution in [0.3, 0.4) is 0 Å². The molecule has 1 saturated heterocycles. The van der Waals surface area contributed by atoms with E-state index in [0.29, 0.717) is 17.7 Å². The molecule has 0 aliphatic carbocycles. The number of carbonyl (C=O) groups excluding carboxylic acids is 2. The van der Waals surface area contributed by atoms with E-state index in [1.165, 1.54) is 0 Å². The Balaban J connectivity index is 1.57. The molecule has 2 amide bonds. The van der Waals surface area contributed by atoms with Gasteiger partial charge in [0.2, 0.25) is 5.91 Å². The molecule has 4 rings (SSSR count). The Hall–Kier alpha value is -3.66. The Morgan fingerprint density at radius 3 is 2.14 bits per heavy atom. The Morgan fingerprint density at radius 2 is 1.52 bits per heavy atom. The molecule has 1 aliphatic rings. The van der Waals surface area contributed by atoms with Crippen molar-refractivity contribution in [3.8, 4) is 0 Å². The second kappa shape index (κ2) is 8.57. The summed E-state index contributed by atoms with van der Waals surface area (Å²) < 4.78 is 0. The van der Waals surface area contributed by atoms with Crippen LogP contribution in [-0.2, 0) is 9.59 Å². The van der Waals surface area contributed by atoms with E-state index in [2.05, 4.69) is 5.32 Å². The van der Waals surface area contributed by atoms with Crippen molar-refractivity contribution in [3.05, 3.63) is 96.1 Å². The molecule has 0 saturated carbocycles. The fourth-order valence-electron chi connectivity index (χ4n) is 3.46. The van der Waals surface area contributed by atoms with Gasteiger partial charge in [-0.3, -0.25) is 9.59 Å². The summed E-state index contributed by atoms with van der Waals surface area (Å²) in [7, 11) is 0. The van der Waals surface area contributed by atoms with Crippen molar-refractivity contribution in [2.75, 3.05) is 16.8 Å². The van der Waals surface area contributed by atoms with Crippen LogP contribution in [0.25, 0.3) is 11.6 Å². The SMILES string of the molecule is O=C(Nc1ccc(N2CCCC2=O)cc1)/C(=C/c1ccccc1)c1ccccc1. The lowest BCUT2D eigenvalue weighted by Gasteiger charge is -2.16. The summed E-state index contributed by atoms with van der Waals surface area (Å²) in [6.45, 7) is 0.752. The van der Waals surface area contributed by atoms with Crippen molar-refractivity contribution in [1.82, 2.24) is 0 Å². The number of nitrogens with one attached hydrogen (secondary N) is 1. The first-order valence-corrected chi connectivity index (χ1v) is 9.75. The molecule has 1 aliphatic heterocycles. The predicted molar refractivity (Wildman–Crippen MR) is 117 cm³/mol. The predicted octanol–water partition coefficient (Wildman–Crippen LogP) is 4.99. The third kappa shape index (κ3) is 4.43. The highest BCUT2D eigenvalue weighted by atomic mass is 16.2. The van der Waals surface area contributed by atoms with Crippen LogP contribution in [0.15, 0.2) is 84.9 Å². The maximum absolute atomic E-state index is 13.1. The van der Waals surface area contributed by atoms with Crippen LogP contribution >= 0.6 is 0 Å². The lowest BCUT2D eigenvalue weighted by molar-refractivity contribution is -0.117. The van der Waals surface area contributed by atoms with Crippen molar-refractivity contribution in [1.29, 1.82) is 0 Å². The molecule has 29 heavy (non-hydrogen) atoms. The summed E-state index contributed by atoms with van der Waals surface area (Å²) in [6, 6.07) is 26.8. The first kappa shape index (κ1) is 18.7. The molecular formula is C25H22N2O2. The summed E-state index contributed by atoms with van der Waals surface area (Å²) in [5.74, 6) is -0.0241. The third-order valence-electron chi connectivity index (χ3n) is 4.95. The summed E-state index contributed by atoms with van der Waals surface area (Å²) in [6.07, 6.45) is 3.38. The van der Waals surface area contributed by atoms with Crippen molar-refractivity contribution in [2.24, 2.45) is 0 Å². The molecule has 0 radical (unpaired) electrons. The molecule has 0 bridgehead atoms. The van der Waals surface area contributed by atoms with E-state index in [9.17, 15) is 9.59 Å². The largest absolute Gasteiger partial charge is 0.322 e. The van der Waals surface area contributed by atoms with E-state index >= 15 is 0 Å². The van der Waals surface area contributed by atoms with Gasteiger partial charge in [0.15, 0.2) is 0 Å². The van der Waals surface area contributed by atoms with Gasteiger partial charge in [-0.15, -0.1) is 0 Å². The Kier molecular flexibility index (Phi) is 5.52. The standard InChI is InChI=1S/C25H22N2O2/c28-24-12-7-17-27(24)22-15-13-21(14-16-22)26-25(29)23(20-10-5-2-6-11-20)18-19-8-3-1-4-9-19/h1-6,8-11,13-16,18H,7,12,17H2,(H,26,29)/b23-18+. The number of carbonyl (C=O) groups is 2. The van der Waals surface area contributed by atoms with Crippen molar-refractivity contribution < 1.29 is 9.59 Å². The van der Waals surface area contributed by atoms with Crippen molar-refractivity contribution in [2.45, 2.75) is 12.8 Å². The minimum atomic E-state index is -0.176. The fourth-order valence-corrected chi connectivity index (χ4v) is 3.46. The van der Waals surface area contributed by atoms with E-state index in [1.54, 1.807) is 4.90 Å². The van der Waals surface area contributed by atoms with Gasteiger partial charge in [0, 0.05) is 29.9 Å². The first-order chi connectivity index (χ1) is 14.2. The molecule has 4 nitrogen and oxygen atoms in total. The minimum Gasteiger partial charge on any atom is -0.322 e. The second-order valence-electron chi connectivity index (χ2n) is 6.98. The number of hydrogen-bond acceptors (Lipinski definition) is 2. The molecule has 1 fully saturated rings. The van der Waals surface area contributed by atoms with Gasteiger partial charge in [-0.05, 0) is 47.9 Å². The molecular weight excluding hydrogens is 360 g/mol. The molecule has 3 aromatic rings. The summed E-state index contributed by atoms with van der Waals surface area (Å²) in [4.78, 5) is 26.8. The first-order valence-electron chi connectivity index (χ1n) is 9.75. The van der Waals surface area contributed by atoms with E-state index in [1.807, 2.05) is 91.0 Å². The molecule has 0 aromatic heterocycles. The molecule has 0 spiro atoms. The van der Waals surface area contributed by atoms with E-state index in [-0.39, 0.29) is 11.8 Å². The lowest BCUT2D eigenvalue weighted by atomic mass is 10.0. The van der Waals surface area contributed by atoms with E-state index in [0.717, 1.165) is 29.8 Å². The third-order valence-corrected chi connectivity index (χ3v) is 4.95. The molecule has 1 N–H and O–H groups in total. The average molecular weight is 382 g/mol. The fraction of sp³-hybridized carbons (Fsp3) is 0.120. The van der Waals surface area contributed by atoms with Gasteiger partial charge in [-0.25, -0.2) is 0 Å². The van der Waals surface area contributed by atoms with E-state index < -0.39 is 0 Å². The molecule has 144 valence electrons. The molecule has 3 aromatic carbocycles. The van der Waals surface area contributed by atoms with Gasteiger partial charge >= 0.3 is 0 Å². The van der Waals surface area contributed by atoms with Crippen LogP contribution in [0, 0.1) is 0 Å². The second-order valence-corrected chi connectivity index (χ2v) is 6.98. The Bertz CT molecular complexity index is 1030. The zero-order valence-corrected chi connectivity index (χ0v) is 16.0. The van der Waals surface area contributed by atoms with Gasteiger partial charge in [0.05, 0.1) is 0 Å². The minimum absolute atomic E-state index is 0.152. The summed E-state index contributed by atoms with van der Waals surface area (Å²) in [5.41, 5.74) is 3.97. The van der Waals surface area contributed by atoms with Crippen LogP contribution in [0.1, 0.15) is 24.0 Å². The van der Waals surface area contributed by atoms with Gasteiger partial charge in [-0.2, -0.15) is 0 Å². The number of amides is 2. The quantitative estimate of drug-likeness (QED) is 0.499. The monoisotopic (exact) mass is 382 g/mol. The van der Waals surface area contributed by atoms with Crippen LogP contribution in [-0.4, -0.2) is 18.4 Å². The molecule has 0 atom stereocenters. The molecule has 1 heterocycles.